The number of rotatable bonds is 54. The molecular weight excluding hydrogens is 827 g/mol. The van der Waals surface area contributed by atoms with Crippen LogP contribution in [0.2, 0.25) is 0 Å². The van der Waals surface area contributed by atoms with E-state index >= 15 is 0 Å². The van der Waals surface area contributed by atoms with Crippen LogP contribution in [0, 0.1) is 0 Å². The van der Waals surface area contributed by atoms with Gasteiger partial charge in [-0.15, -0.1) is 0 Å². The topological polar surface area (TPSA) is 95.9 Å². The predicted octanol–water partition coefficient (Wildman–Crippen LogP) is 18.2. The number of amides is 1. The third kappa shape index (κ3) is 53.0. The zero-order chi connectivity index (χ0) is 48.6. The lowest BCUT2D eigenvalue weighted by Gasteiger charge is -2.20. The standard InChI is InChI=1S/C61H113NO5/c1-3-5-7-9-11-13-15-17-19-23-27-31-35-39-43-47-51-55-61(66)67-56-52-48-44-40-36-32-28-25-22-20-21-24-26-30-34-38-42-46-50-54-60(65)62-58(57-63)59(64)53-49-45-41-37-33-29-18-16-14-12-10-8-6-4-2/h17,19,25,28,32,36,49,53,58-59,63-64H,3-16,18,20-24,26-27,29-31,33-35,37-48,50-52,54-57H2,1-2H3,(H,62,65)/b19-17-,28-25-,36-32-,53-49+. The van der Waals surface area contributed by atoms with Gasteiger partial charge in [-0.2, -0.15) is 0 Å². The van der Waals surface area contributed by atoms with Gasteiger partial charge in [-0.3, -0.25) is 9.59 Å². The summed E-state index contributed by atoms with van der Waals surface area (Å²) < 4.78 is 5.46. The van der Waals surface area contributed by atoms with E-state index in [0.717, 1.165) is 77.0 Å². The number of ether oxygens (including phenoxy) is 1. The highest BCUT2D eigenvalue weighted by Gasteiger charge is 2.18. The minimum atomic E-state index is -0.851. The number of hydrogen-bond donors (Lipinski definition) is 3. The molecule has 392 valence electrons. The molecule has 0 aromatic heterocycles. The number of aliphatic hydroxyl groups excluding tert-OH is 2. The molecule has 0 saturated heterocycles. The molecule has 0 aliphatic rings. The lowest BCUT2D eigenvalue weighted by atomic mass is 10.0. The van der Waals surface area contributed by atoms with Gasteiger partial charge in [0.05, 0.1) is 25.4 Å². The van der Waals surface area contributed by atoms with Crippen molar-refractivity contribution in [3.8, 4) is 0 Å². The Morgan fingerprint density at radius 1 is 0.418 bits per heavy atom. The SMILES string of the molecule is CCCCCCCC/C=C\CCCCCCCCCC(=O)OCCCCC/C=C\C=C/CCCCCCCCCCCCC(=O)NC(CO)C(O)/C=C/CCCCCCCCCCCCCC. The summed E-state index contributed by atoms with van der Waals surface area (Å²) in [6, 6.07) is -0.636. The molecule has 0 rings (SSSR count). The molecule has 3 N–H and O–H groups in total. The van der Waals surface area contributed by atoms with Gasteiger partial charge in [-0.25, -0.2) is 0 Å². The molecule has 0 radical (unpaired) electrons. The molecule has 0 spiro atoms. The first kappa shape index (κ1) is 64.8. The fraction of sp³-hybridized carbons (Fsp3) is 0.836. The van der Waals surface area contributed by atoms with Gasteiger partial charge >= 0.3 is 5.97 Å². The molecule has 6 heteroatoms. The summed E-state index contributed by atoms with van der Waals surface area (Å²) >= 11 is 0. The molecule has 0 aliphatic heterocycles. The Hall–Kier alpha value is -2.18. The largest absolute Gasteiger partial charge is 0.466 e. The average molecular weight is 941 g/mol. The summed E-state index contributed by atoms with van der Waals surface area (Å²) in [5.41, 5.74) is 0. The third-order valence-electron chi connectivity index (χ3n) is 13.3. The van der Waals surface area contributed by atoms with Gasteiger partial charge in [0.25, 0.3) is 0 Å². The molecule has 0 heterocycles. The Labute approximate surface area is 416 Å². The molecule has 2 atom stereocenters. The van der Waals surface area contributed by atoms with Crippen LogP contribution in [0.15, 0.2) is 48.6 Å². The highest BCUT2D eigenvalue weighted by Crippen LogP contribution is 2.16. The van der Waals surface area contributed by atoms with E-state index in [1.165, 1.54) is 199 Å². The van der Waals surface area contributed by atoms with E-state index < -0.39 is 12.1 Å². The number of esters is 1. The summed E-state index contributed by atoms with van der Waals surface area (Å²) in [6.07, 6.45) is 71.3. The molecule has 0 aliphatic carbocycles. The second-order valence-corrected chi connectivity index (χ2v) is 20.0. The highest BCUT2D eigenvalue weighted by molar-refractivity contribution is 5.76. The summed E-state index contributed by atoms with van der Waals surface area (Å²) in [5.74, 6) is -0.0962. The van der Waals surface area contributed by atoms with Crippen molar-refractivity contribution in [2.45, 2.75) is 315 Å². The van der Waals surface area contributed by atoms with Crippen LogP contribution in [-0.2, 0) is 14.3 Å². The van der Waals surface area contributed by atoms with Gasteiger partial charge in [-0.1, -0.05) is 249 Å². The average Bonchev–Trinajstić information content (AvgIpc) is 3.33. The fourth-order valence-electron chi connectivity index (χ4n) is 8.80. The summed E-state index contributed by atoms with van der Waals surface area (Å²) in [7, 11) is 0. The van der Waals surface area contributed by atoms with Gasteiger partial charge in [0.15, 0.2) is 0 Å². The van der Waals surface area contributed by atoms with Crippen molar-refractivity contribution in [2.75, 3.05) is 13.2 Å². The van der Waals surface area contributed by atoms with Crippen LogP contribution in [0.4, 0.5) is 0 Å². The van der Waals surface area contributed by atoms with Crippen LogP contribution in [0.25, 0.3) is 0 Å². The monoisotopic (exact) mass is 940 g/mol. The maximum Gasteiger partial charge on any atom is 0.305 e. The fourth-order valence-corrected chi connectivity index (χ4v) is 8.80. The van der Waals surface area contributed by atoms with Crippen molar-refractivity contribution in [3.05, 3.63) is 48.6 Å². The van der Waals surface area contributed by atoms with Gasteiger partial charge in [0.1, 0.15) is 0 Å². The lowest BCUT2D eigenvalue weighted by Crippen LogP contribution is -2.45. The van der Waals surface area contributed by atoms with Gasteiger partial charge in [-0.05, 0) is 89.9 Å². The quantitative estimate of drug-likeness (QED) is 0.0244. The Balaban J connectivity index is 3.50. The Morgan fingerprint density at radius 2 is 0.746 bits per heavy atom. The van der Waals surface area contributed by atoms with Gasteiger partial charge < -0.3 is 20.3 Å². The normalized spacial score (nSPS) is 13.0. The zero-order valence-corrected chi connectivity index (χ0v) is 44.6. The van der Waals surface area contributed by atoms with Crippen LogP contribution in [0.3, 0.4) is 0 Å². The van der Waals surface area contributed by atoms with E-state index in [0.29, 0.717) is 19.4 Å². The lowest BCUT2D eigenvalue weighted by molar-refractivity contribution is -0.143. The maximum atomic E-state index is 12.4. The highest BCUT2D eigenvalue weighted by atomic mass is 16.5. The van der Waals surface area contributed by atoms with E-state index in [1.54, 1.807) is 6.08 Å². The van der Waals surface area contributed by atoms with E-state index in [1.807, 2.05) is 6.08 Å². The van der Waals surface area contributed by atoms with Crippen molar-refractivity contribution in [2.24, 2.45) is 0 Å². The Bertz CT molecular complexity index is 1130. The first-order valence-electron chi connectivity index (χ1n) is 29.4. The molecule has 1 amide bonds. The number of carbonyl (C=O) groups is 2. The van der Waals surface area contributed by atoms with E-state index in [2.05, 4.69) is 55.6 Å². The number of carbonyl (C=O) groups excluding carboxylic acids is 2. The summed E-state index contributed by atoms with van der Waals surface area (Å²) in [5, 5.41) is 23.1. The van der Waals surface area contributed by atoms with Crippen LogP contribution in [0.5, 0.6) is 0 Å². The second-order valence-electron chi connectivity index (χ2n) is 20.0. The molecule has 0 bridgehead atoms. The smallest absolute Gasteiger partial charge is 0.305 e. The van der Waals surface area contributed by atoms with Crippen LogP contribution >= 0.6 is 0 Å². The Kier molecular flexibility index (Phi) is 54.6. The minimum absolute atomic E-state index is 0.0179. The molecule has 6 nitrogen and oxygen atoms in total. The van der Waals surface area contributed by atoms with Crippen LogP contribution < -0.4 is 5.32 Å². The molecular formula is C61H113NO5. The van der Waals surface area contributed by atoms with Crippen molar-refractivity contribution >= 4 is 11.9 Å². The molecule has 0 aromatic carbocycles. The van der Waals surface area contributed by atoms with E-state index in [-0.39, 0.29) is 18.5 Å². The van der Waals surface area contributed by atoms with Gasteiger partial charge in [0.2, 0.25) is 5.91 Å². The van der Waals surface area contributed by atoms with E-state index in [9.17, 15) is 19.8 Å². The van der Waals surface area contributed by atoms with Crippen molar-refractivity contribution < 1.29 is 24.5 Å². The number of unbranched alkanes of at least 4 members (excludes halogenated alkanes) is 38. The summed E-state index contributed by atoms with van der Waals surface area (Å²) in [4.78, 5) is 24.5. The van der Waals surface area contributed by atoms with E-state index in [4.69, 9.17) is 4.74 Å². The van der Waals surface area contributed by atoms with Crippen LogP contribution in [-0.4, -0.2) is 47.4 Å². The number of aliphatic hydroxyl groups is 2. The van der Waals surface area contributed by atoms with Gasteiger partial charge in [0, 0.05) is 12.8 Å². The second kappa shape index (κ2) is 56.4. The Morgan fingerprint density at radius 3 is 1.15 bits per heavy atom. The maximum absolute atomic E-state index is 12.4. The minimum Gasteiger partial charge on any atom is -0.466 e. The summed E-state index contributed by atoms with van der Waals surface area (Å²) in [6.45, 7) is 4.86. The molecule has 67 heavy (non-hydrogen) atoms. The molecule has 2 unspecified atom stereocenters. The predicted molar refractivity (Wildman–Crippen MR) is 292 cm³/mol. The first-order valence-corrected chi connectivity index (χ1v) is 29.4. The van der Waals surface area contributed by atoms with Crippen LogP contribution in [0.1, 0.15) is 303 Å². The molecule has 0 fully saturated rings. The molecule has 0 aromatic rings. The van der Waals surface area contributed by atoms with Crippen molar-refractivity contribution in [3.63, 3.8) is 0 Å². The number of hydrogen-bond acceptors (Lipinski definition) is 5. The van der Waals surface area contributed by atoms with Crippen molar-refractivity contribution in [1.82, 2.24) is 5.32 Å². The third-order valence-corrected chi connectivity index (χ3v) is 13.3. The zero-order valence-electron chi connectivity index (χ0n) is 44.6. The first-order chi connectivity index (χ1) is 33.0. The molecule has 0 saturated carbocycles. The van der Waals surface area contributed by atoms with Crippen molar-refractivity contribution in [1.29, 1.82) is 0 Å². The number of allylic oxidation sites excluding steroid dienone is 7. The number of nitrogens with one attached hydrogen (secondary N) is 1.